The van der Waals surface area contributed by atoms with Gasteiger partial charge in [0, 0.05) is 13.1 Å². The van der Waals surface area contributed by atoms with Crippen molar-refractivity contribution < 1.29 is 23.4 Å². The van der Waals surface area contributed by atoms with Crippen molar-refractivity contribution in [2.75, 3.05) is 40.0 Å². The monoisotopic (exact) mass is 435 g/mol. The Morgan fingerprint density at radius 2 is 2.13 bits per heavy atom. The lowest BCUT2D eigenvalue weighted by Crippen LogP contribution is -2.42. The van der Waals surface area contributed by atoms with Gasteiger partial charge in [0.25, 0.3) is 5.91 Å². The molecule has 0 spiro atoms. The quantitative estimate of drug-likeness (QED) is 0.510. The van der Waals surface area contributed by atoms with Crippen molar-refractivity contribution in [3.05, 3.63) is 58.4 Å². The van der Waals surface area contributed by atoms with Gasteiger partial charge in [0.15, 0.2) is 11.5 Å². The number of carbonyl (C=O) groups is 1. The molecule has 3 rings (SSSR count). The second-order valence-electron chi connectivity index (χ2n) is 6.63. The van der Waals surface area contributed by atoms with Crippen LogP contribution < -0.4 is 14.9 Å². The minimum Gasteiger partial charge on any atom is -0.493 e. The Kier molecular flexibility index (Phi) is 8.01. The van der Waals surface area contributed by atoms with Crippen LogP contribution in [-0.2, 0) is 16.1 Å². The number of hydrogen-bond donors (Lipinski definition) is 1. The average molecular weight is 436 g/mol. The number of carbonyl (C=O) groups excluding carboxylic acids is 1. The largest absolute Gasteiger partial charge is 0.493 e. The van der Waals surface area contributed by atoms with Gasteiger partial charge in [0.1, 0.15) is 12.4 Å². The first-order valence-electron chi connectivity index (χ1n) is 9.42. The Hall–Kier alpha value is -2.68. The highest BCUT2D eigenvalue weighted by atomic mass is 35.5. The molecule has 0 aromatic heterocycles. The van der Waals surface area contributed by atoms with Crippen LogP contribution >= 0.6 is 11.6 Å². The van der Waals surface area contributed by atoms with Gasteiger partial charge in [-0.3, -0.25) is 9.69 Å². The minimum absolute atomic E-state index is 0.138. The summed E-state index contributed by atoms with van der Waals surface area (Å²) in [5, 5.41) is 4.29. The fraction of sp³-hybridized carbons (Fsp3) is 0.333. The standard InChI is InChI=1S/C21H23ClFN3O4/c1-28-19-11-16(12-24-25-20(27)13-26-5-7-29-8-6-26)10-18(22)21(19)30-14-15-3-2-4-17(23)9-15/h2-4,9-12H,5-8,13-14H2,1H3,(H,25,27)/b24-12+. The van der Waals surface area contributed by atoms with Gasteiger partial charge in [-0.25, -0.2) is 9.82 Å². The predicted molar refractivity (Wildman–Crippen MR) is 112 cm³/mol. The van der Waals surface area contributed by atoms with Gasteiger partial charge < -0.3 is 14.2 Å². The maximum atomic E-state index is 13.3. The van der Waals surface area contributed by atoms with Gasteiger partial charge >= 0.3 is 0 Å². The zero-order valence-corrected chi connectivity index (χ0v) is 17.3. The van der Waals surface area contributed by atoms with Gasteiger partial charge in [-0.15, -0.1) is 0 Å². The molecule has 7 nitrogen and oxygen atoms in total. The van der Waals surface area contributed by atoms with E-state index in [-0.39, 0.29) is 24.9 Å². The zero-order chi connectivity index (χ0) is 21.3. The highest BCUT2D eigenvalue weighted by molar-refractivity contribution is 6.32. The first kappa shape index (κ1) is 22.0. The van der Waals surface area contributed by atoms with Crippen molar-refractivity contribution in [2.24, 2.45) is 5.10 Å². The molecule has 1 amide bonds. The molecule has 1 saturated heterocycles. The molecule has 1 N–H and O–H groups in total. The third-order valence-corrected chi connectivity index (χ3v) is 4.68. The van der Waals surface area contributed by atoms with Crippen molar-refractivity contribution >= 4 is 23.7 Å². The maximum Gasteiger partial charge on any atom is 0.254 e. The van der Waals surface area contributed by atoms with Crippen molar-refractivity contribution in [1.29, 1.82) is 0 Å². The molecule has 0 bridgehead atoms. The van der Waals surface area contributed by atoms with Gasteiger partial charge in [0.2, 0.25) is 0 Å². The smallest absolute Gasteiger partial charge is 0.254 e. The first-order valence-corrected chi connectivity index (χ1v) is 9.79. The van der Waals surface area contributed by atoms with Gasteiger partial charge in [-0.05, 0) is 35.4 Å². The van der Waals surface area contributed by atoms with Crippen LogP contribution in [0.5, 0.6) is 11.5 Å². The normalized spacial score (nSPS) is 14.6. The van der Waals surface area contributed by atoms with Crippen molar-refractivity contribution in [1.82, 2.24) is 10.3 Å². The number of methoxy groups -OCH3 is 1. The highest BCUT2D eigenvalue weighted by Crippen LogP contribution is 2.36. The molecule has 0 atom stereocenters. The molecule has 0 saturated carbocycles. The Morgan fingerprint density at radius 3 is 2.87 bits per heavy atom. The topological polar surface area (TPSA) is 72.4 Å². The van der Waals surface area contributed by atoms with E-state index in [1.165, 1.54) is 25.5 Å². The van der Waals surface area contributed by atoms with E-state index in [4.69, 9.17) is 25.8 Å². The summed E-state index contributed by atoms with van der Waals surface area (Å²) < 4.78 is 29.7. The molecule has 9 heteroatoms. The lowest BCUT2D eigenvalue weighted by Gasteiger charge is -2.25. The van der Waals surface area contributed by atoms with E-state index < -0.39 is 0 Å². The van der Waals surface area contributed by atoms with Gasteiger partial charge in [-0.1, -0.05) is 23.7 Å². The third-order valence-electron chi connectivity index (χ3n) is 4.40. The molecule has 2 aromatic carbocycles. The minimum atomic E-state index is -0.337. The van der Waals surface area contributed by atoms with Crippen LogP contribution in [0.3, 0.4) is 0 Å². The molecule has 1 fully saturated rings. The number of amides is 1. The molecule has 0 aliphatic carbocycles. The predicted octanol–water partition coefficient (Wildman–Crippen LogP) is 2.85. The second kappa shape index (κ2) is 10.9. The van der Waals surface area contributed by atoms with Crippen LogP contribution in [0.15, 0.2) is 41.5 Å². The van der Waals surface area contributed by atoms with E-state index in [2.05, 4.69) is 10.5 Å². The SMILES string of the molecule is COc1cc(/C=N/NC(=O)CN2CCOCC2)cc(Cl)c1OCc1cccc(F)c1. The number of benzene rings is 2. The second-order valence-corrected chi connectivity index (χ2v) is 7.04. The Labute approximate surface area is 179 Å². The van der Waals surface area contributed by atoms with E-state index in [0.717, 1.165) is 13.1 Å². The van der Waals surface area contributed by atoms with Crippen LogP contribution in [0.25, 0.3) is 0 Å². The number of morpholine rings is 1. The molecule has 1 aliphatic rings. The lowest BCUT2D eigenvalue weighted by atomic mass is 10.2. The summed E-state index contributed by atoms with van der Waals surface area (Å²) in [6, 6.07) is 9.45. The summed E-state index contributed by atoms with van der Waals surface area (Å²) in [5.41, 5.74) is 3.79. The van der Waals surface area contributed by atoms with E-state index in [1.54, 1.807) is 24.3 Å². The molecule has 160 valence electrons. The average Bonchev–Trinajstić information content (AvgIpc) is 2.73. The number of nitrogens with one attached hydrogen (secondary N) is 1. The van der Waals surface area contributed by atoms with Crippen LogP contribution in [-0.4, -0.2) is 57.0 Å². The van der Waals surface area contributed by atoms with Crippen LogP contribution in [0.2, 0.25) is 5.02 Å². The summed E-state index contributed by atoms with van der Waals surface area (Å²) in [6.45, 7) is 3.10. The zero-order valence-electron chi connectivity index (χ0n) is 16.6. The van der Waals surface area contributed by atoms with Crippen LogP contribution in [0, 0.1) is 5.82 Å². The molecular formula is C21H23ClFN3O4. The summed E-state index contributed by atoms with van der Waals surface area (Å²) in [5.74, 6) is 0.203. The van der Waals surface area contributed by atoms with Crippen molar-refractivity contribution in [2.45, 2.75) is 6.61 Å². The number of nitrogens with zero attached hydrogens (tertiary/aromatic N) is 2. The summed E-state index contributed by atoms with van der Waals surface area (Å²) in [7, 11) is 1.49. The van der Waals surface area contributed by atoms with E-state index in [9.17, 15) is 9.18 Å². The summed E-state index contributed by atoms with van der Waals surface area (Å²) >= 11 is 6.33. The number of halogens is 2. The molecular weight excluding hydrogens is 413 g/mol. The Bertz CT molecular complexity index is 904. The first-order chi connectivity index (χ1) is 14.5. The number of hydrazone groups is 1. The maximum absolute atomic E-state index is 13.3. The fourth-order valence-electron chi connectivity index (χ4n) is 2.91. The molecule has 0 unspecified atom stereocenters. The van der Waals surface area contributed by atoms with E-state index in [0.29, 0.717) is 40.9 Å². The van der Waals surface area contributed by atoms with Gasteiger partial charge in [-0.2, -0.15) is 5.10 Å². The molecule has 1 heterocycles. The van der Waals surface area contributed by atoms with Crippen LogP contribution in [0.4, 0.5) is 4.39 Å². The molecule has 2 aromatic rings. The van der Waals surface area contributed by atoms with Crippen molar-refractivity contribution in [3.8, 4) is 11.5 Å². The number of hydrogen-bond acceptors (Lipinski definition) is 6. The molecule has 30 heavy (non-hydrogen) atoms. The third kappa shape index (κ3) is 6.41. The van der Waals surface area contributed by atoms with E-state index >= 15 is 0 Å². The number of rotatable bonds is 8. The van der Waals surface area contributed by atoms with Crippen molar-refractivity contribution in [3.63, 3.8) is 0 Å². The Balaban J connectivity index is 1.59. The molecule has 0 radical (unpaired) electrons. The molecule has 1 aliphatic heterocycles. The van der Waals surface area contributed by atoms with E-state index in [1.807, 2.05) is 4.90 Å². The van der Waals surface area contributed by atoms with Gasteiger partial charge in [0.05, 0.1) is 38.1 Å². The number of ether oxygens (including phenoxy) is 3. The highest BCUT2D eigenvalue weighted by Gasteiger charge is 2.14. The summed E-state index contributed by atoms with van der Waals surface area (Å²) in [4.78, 5) is 14.0. The van der Waals surface area contributed by atoms with Crippen LogP contribution in [0.1, 0.15) is 11.1 Å². The lowest BCUT2D eigenvalue weighted by molar-refractivity contribution is -0.123. The fourth-order valence-corrected chi connectivity index (χ4v) is 3.19. The summed E-state index contributed by atoms with van der Waals surface area (Å²) in [6.07, 6.45) is 1.47. The Morgan fingerprint density at radius 1 is 1.33 bits per heavy atom.